The number of alkyl halides is 3. The Hall–Kier alpha value is -3.55. The van der Waals surface area contributed by atoms with Gasteiger partial charge >= 0.3 is 11.9 Å². The lowest BCUT2D eigenvalue weighted by Crippen LogP contribution is -2.37. The van der Waals surface area contributed by atoms with E-state index in [0.29, 0.717) is 16.3 Å². The van der Waals surface area contributed by atoms with Gasteiger partial charge in [-0.1, -0.05) is 11.6 Å². The van der Waals surface area contributed by atoms with Crippen LogP contribution in [0, 0.1) is 0 Å². The Balaban J connectivity index is 1.76. The van der Waals surface area contributed by atoms with Crippen LogP contribution < -0.4 is 5.69 Å². The number of hydrogen-bond acceptors (Lipinski definition) is 7. The third-order valence-electron chi connectivity index (χ3n) is 5.01. The average Bonchev–Trinajstić information content (AvgIpc) is 3.37. The number of rotatable bonds is 7. The molecule has 3 heterocycles. The molecule has 0 saturated heterocycles. The number of aliphatic hydroxyl groups is 2. The van der Waals surface area contributed by atoms with Crippen molar-refractivity contribution in [2.24, 2.45) is 0 Å². The van der Waals surface area contributed by atoms with Gasteiger partial charge in [-0.15, -0.1) is 10.2 Å². The molecule has 0 saturated carbocycles. The topological polar surface area (TPSA) is 124 Å². The molecule has 0 fully saturated rings. The van der Waals surface area contributed by atoms with E-state index < -0.39 is 30.6 Å². The Morgan fingerprint density at radius 2 is 1.71 bits per heavy atom. The van der Waals surface area contributed by atoms with E-state index in [1.165, 1.54) is 48.3 Å². The highest BCUT2D eigenvalue weighted by Crippen LogP contribution is 2.24. The largest absolute Gasteiger partial charge is 0.416 e. The van der Waals surface area contributed by atoms with Gasteiger partial charge in [0.15, 0.2) is 23.6 Å². The highest BCUT2D eigenvalue weighted by atomic mass is 35.5. The summed E-state index contributed by atoms with van der Waals surface area (Å²) in [6.07, 6.45) is -5.67. The highest BCUT2D eigenvalue weighted by Gasteiger charge is 2.39. The molecule has 10 nitrogen and oxygen atoms in total. The summed E-state index contributed by atoms with van der Waals surface area (Å²) in [5.74, 6) is 0.173. The number of pyridine rings is 1. The first-order valence-electron chi connectivity index (χ1n) is 10.3. The molecule has 2 atom stereocenters. The van der Waals surface area contributed by atoms with Crippen LogP contribution in [0.4, 0.5) is 13.2 Å². The zero-order chi connectivity index (χ0) is 25.3. The second-order valence-electron chi connectivity index (χ2n) is 7.62. The van der Waals surface area contributed by atoms with Crippen LogP contribution in [0.2, 0.25) is 5.02 Å². The van der Waals surface area contributed by atoms with Crippen molar-refractivity contribution in [2.75, 3.05) is 0 Å². The van der Waals surface area contributed by atoms with Crippen molar-refractivity contribution < 1.29 is 23.4 Å². The summed E-state index contributed by atoms with van der Waals surface area (Å²) in [5.41, 5.74) is -0.0284. The summed E-state index contributed by atoms with van der Waals surface area (Å²) in [6, 6.07) is 9.26. The second-order valence-corrected chi connectivity index (χ2v) is 8.05. The fraction of sp³-hybridized carbons (Fsp3) is 0.286. The van der Waals surface area contributed by atoms with Crippen molar-refractivity contribution in [1.82, 2.24) is 34.1 Å². The van der Waals surface area contributed by atoms with Gasteiger partial charge in [-0.3, -0.25) is 9.55 Å². The van der Waals surface area contributed by atoms with E-state index in [0.717, 1.165) is 9.25 Å². The van der Waals surface area contributed by atoms with Crippen LogP contribution in [0.1, 0.15) is 24.7 Å². The summed E-state index contributed by atoms with van der Waals surface area (Å²) in [5, 5.41) is 28.6. The molecule has 0 bridgehead atoms. The van der Waals surface area contributed by atoms with Crippen molar-refractivity contribution in [2.45, 2.75) is 38.4 Å². The molecule has 0 aliphatic rings. The standard InChI is InChI=1S/C21H19ClF3N7O3/c1-12(33)18-27-17(28-32(18)15-6-8-26-9-7-15)11-31-20(35)30(10-16(34)21(23,24)25)19(29-31)13-2-4-14(22)5-3-13/h2-9,12,16,33-34H,10-11H2,1H3. The molecule has 4 rings (SSSR count). The van der Waals surface area contributed by atoms with Crippen LogP contribution in [0.5, 0.6) is 0 Å². The molecule has 0 aliphatic carbocycles. The Labute approximate surface area is 200 Å². The van der Waals surface area contributed by atoms with Gasteiger partial charge in [0.05, 0.1) is 12.2 Å². The molecule has 14 heteroatoms. The Kier molecular flexibility index (Phi) is 6.74. The summed E-state index contributed by atoms with van der Waals surface area (Å²) < 4.78 is 42.1. The quantitative estimate of drug-likeness (QED) is 0.392. The van der Waals surface area contributed by atoms with Gasteiger partial charge in [0, 0.05) is 23.0 Å². The van der Waals surface area contributed by atoms with E-state index in [2.05, 4.69) is 20.2 Å². The van der Waals surface area contributed by atoms with E-state index >= 15 is 0 Å². The Bertz CT molecular complexity index is 1370. The Morgan fingerprint density at radius 3 is 2.31 bits per heavy atom. The maximum atomic E-state index is 13.0. The summed E-state index contributed by atoms with van der Waals surface area (Å²) >= 11 is 5.89. The van der Waals surface area contributed by atoms with Crippen molar-refractivity contribution in [3.05, 3.63) is 75.9 Å². The smallest absolute Gasteiger partial charge is 0.385 e. The summed E-state index contributed by atoms with van der Waals surface area (Å²) in [6.45, 7) is 0.133. The third-order valence-corrected chi connectivity index (χ3v) is 5.26. The zero-order valence-corrected chi connectivity index (χ0v) is 18.9. The molecule has 4 aromatic rings. The maximum Gasteiger partial charge on any atom is 0.416 e. The van der Waals surface area contributed by atoms with E-state index in [1.54, 1.807) is 12.1 Å². The first-order chi connectivity index (χ1) is 16.5. The molecule has 35 heavy (non-hydrogen) atoms. The van der Waals surface area contributed by atoms with Gasteiger partial charge in [-0.2, -0.15) is 13.2 Å². The molecule has 2 N–H and O–H groups in total. The first kappa shape index (κ1) is 24.6. The van der Waals surface area contributed by atoms with Crippen molar-refractivity contribution in [3.63, 3.8) is 0 Å². The van der Waals surface area contributed by atoms with Gasteiger partial charge < -0.3 is 10.2 Å². The second kappa shape index (κ2) is 9.60. The van der Waals surface area contributed by atoms with Gasteiger partial charge in [0.1, 0.15) is 12.6 Å². The van der Waals surface area contributed by atoms with Gasteiger partial charge in [0.2, 0.25) is 0 Å². The molecule has 0 aliphatic heterocycles. The normalized spacial score (nSPS) is 13.7. The highest BCUT2D eigenvalue weighted by molar-refractivity contribution is 6.30. The average molecular weight is 510 g/mol. The SMILES string of the molecule is CC(O)c1nc(Cn2nc(-c3ccc(Cl)cc3)n(CC(O)C(F)(F)F)c2=O)nn1-c1ccncc1. The number of aromatic nitrogens is 7. The fourth-order valence-electron chi connectivity index (χ4n) is 3.31. The predicted molar refractivity (Wildman–Crippen MR) is 118 cm³/mol. The number of nitrogens with zero attached hydrogens (tertiary/aromatic N) is 7. The van der Waals surface area contributed by atoms with Gasteiger partial charge in [-0.25, -0.2) is 19.1 Å². The molecule has 0 spiro atoms. The number of hydrogen-bond donors (Lipinski definition) is 2. The van der Waals surface area contributed by atoms with Crippen LogP contribution in [-0.4, -0.2) is 56.6 Å². The molecular formula is C21H19ClF3N7O3. The molecule has 1 aromatic carbocycles. The minimum absolute atomic E-state index is 0.0866. The van der Waals surface area contributed by atoms with Crippen molar-refractivity contribution >= 4 is 11.6 Å². The van der Waals surface area contributed by atoms with E-state index in [-0.39, 0.29) is 24.0 Å². The summed E-state index contributed by atoms with van der Waals surface area (Å²) in [7, 11) is 0. The lowest BCUT2D eigenvalue weighted by atomic mass is 10.2. The molecular weight excluding hydrogens is 491 g/mol. The monoisotopic (exact) mass is 509 g/mol. The third kappa shape index (κ3) is 5.26. The lowest BCUT2D eigenvalue weighted by molar-refractivity contribution is -0.207. The van der Waals surface area contributed by atoms with Crippen LogP contribution in [-0.2, 0) is 13.1 Å². The number of benzene rings is 1. The Morgan fingerprint density at radius 1 is 1.06 bits per heavy atom. The van der Waals surface area contributed by atoms with Crippen molar-refractivity contribution in [3.8, 4) is 17.1 Å². The van der Waals surface area contributed by atoms with Crippen molar-refractivity contribution in [1.29, 1.82) is 0 Å². The van der Waals surface area contributed by atoms with Crippen LogP contribution in [0.25, 0.3) is 17.1 Å². The van der Waals surface area contributed by atoms with Gasteiger partial charge in [-0.05, 0) is 43.3 Å². The van der Waals surface area contributed by atoms with Crippen LogP contribution in [0.3, 0.4) is 0 Å². The van der Waals surface area contributed by atoms with Crippen LogP contribution in [0.15, 0.2) is 53.6 Å². The number of halogens is 4. The van der Waals surface area contributed by atoms with E-state index in [1.807, 2.05) is 0 Å². The lowest BCUT2D eigenvalue weighted by Gasteiger charge is -2.15. The number of aliphatic hydroxyl groups excluding tert-OH is 2. The molecule has 2 unspecified atom stereocenters. The minimum Gasteiger partial charge on any atom is -0.385 e. The maximum absolute atomic E-state index is 13.0. The molecule has 0 radical (unpaired) electrons. The summed E-state index contributed by atoms with van der Waals surface area (Å²) in [4.78, 5) is 21.2. The first-order valence-corrected chi connectivity index (χ1v) is 10.6. The molecule has 3 aromatic heterocycles. The molecule has 184 valence electrons. The van der Waals surface area contributed by atoms with Gasteiger partial charge in [0.25, 0.3) is 0 Å². The molecule has 0 amide bonds. The van der Waals surface area contributed by atoms with E-state index in [4.69, 9.17) is 11.6 Å². The van der Waals surface area contributed by atoms with E-state index in [9.17, 15) is 28.2 Å². The predicted octanol–water partition coefficient (Wildman–Crippen LogP) is 2.37. The zero-order valence-electron chi connectivity index (χ0n) is 18.1. The van der Waals surface area contributed by atoms with Crippen LogP contribution >= 0.6 is 11.6 Å². The minimum atomic E-state index is -4.93. The fourth-order valence-corrected chi connectivity index (χ4v) is 3.44.